The van der Waals surface area contributed by atoms with Crippen LogP contribution in [0.4, 0.5) is 11.4 Å². The lowest BCUT2D eigenvalue weighted by Crippen LogP contribution is -2.40. The first-order valence-electron chi connectivity index (χ1n) is 6.17. The minimum Gasteiger partial charge on any atom is -0.240 e. The fourth-order valence-electron chi connectivity index (χ4n) is 2.79. The van der Waals surface area contributed by atoms with Crippen molar-refractivity contribution in [2.45, 2.75) is 38.6 Å². The SMILES string of the molecule is CC1CCCCC1N1ONc2ccccc21. The molecule has 1 N–H and O–H groups in total. The number of nitrogens with zero attached hydrogens (tertiary/aromatic N) is 1. The zero-order valence-corrected chi connectivity index (χ0v) is 9.65. The normalized spacial score (nSPS) is 28.7. The predicted octanol–water partition coefficient (Wildman–Crippen LogP) is 3.34. The van der Waals surface area contributed by atoms with E-state index in [-0.39, 0.29) is 0 Å². The Labute approximate surface area is 96.3 Å². The number of para-hydroxylation sites is 2. The van der Waals surface area contributed by atoms with Crippen LogP contribution in [0.15, 0.2) is 24.3 Å². The molecule has 1 fully saturated rings. The third-order valence-corrected chi connectivity index (χ3v) is 3.76. The van der Waals surface area contributed by atoms with Gasteiger partial charge in [0.2, 0.25) is 0 Å². The number of rotatable bonds is 1. The molecule has 16 heavy (non-hydrogen) atoms. The van der Waals surface area contributed by atoms with Gasteiger partial charge in [0.1, 0.15) is 0 Å². The Hall–Kier alpha value is -1.22. The van der Waals surface area contributed by atoms with Crippen LogP contribution in [0, 0.1) is 5.92 Å². The second kappa shape index (κ2) is 3.98. The van der Waals surface area contributed by atoms with Gasteiger partial charge in [0.25, 0.3) is 0 Å². The number of hydrogen-bond donors (Lipinski definition) is 1. The fraction of sp³-hybridized carbons (Fsp3) is 0.538. The van der Waals surface area contributed by atoms with Crippen molar-refractivity contribution in [1.29, 1.82) is 0 Å². The maximum atomic E-state index is 5.62. The molecule has 2 unspecified atom stereocenters. The van der Waals surface area contributed by atoms with Gasteiger partial charge >= 0.3 is 0 Å². The van der Waals surface area contributed by atoms with Crippen molar-refractivity contribution in [2.75, 3.05) is 10.5 Å². The van der Waals surface area contributed by atoms with Crippen LogP contribution in [-0.2, 0) is 4.94 Å². The lowest BCUT2D eigenvalue weighted by atomic mass is 9.85. The average Bonchev–Trinajstić information content (AvgIpc) is 2.74. The Kier molecular flexibility index (Phi) is 2.48. The number of anilines is 2. The Morgan fingerprint density at radius 3 is 2.94 bits per heavy atom. The van der Waals surface area contributed by atoms with Crippen LogP contribution < -0.4 is 10.5 Å². The molecule has 2 aliphatic rings. The molecule has 1 heterocycles. The molecule has 2 atom stereocenters. The Morgan fingerprint density at radius 2 is 2.06 bits per heavy atom. The first-order chi connectivity index (χ1) is 7.86. The number of nitrogens with one attached hydrogen (secondary N) is 1. The molecule has 1 aromatic rings. The fourth-order valence-corrected chi connectivity index (χ4v) is 2.79. The summed E-state index contributed by atoms with van der Waals surface area (Å²) in [5.41, 5.74) is 5.26. The smallest absolute Gasteiger partial charge is 0.0919 e. The third kappa shape index (κ3) is 1.55. The van der Waals surface area contributed by atoms with Gasteiger partial charge in [-0.25, -0.2) is 10.5 Å². The molecule has 86 valence electrons. The second-order valence-electron chi connectivity index (χ2n) is 4.87. The van der Waals surface area contributed by atoms with Gasteiger partial charge in [-0.1, -0.05) is 31.9 Å². The lowest BCUT2D eigenvalue weighted by Gasteiger charge is -2.35. The van der Waals surface area contributed by atoms with Gasteiger partial charge in [-0.15, -0.1) is 0 Å². The van der Waals surface area contributed by atoms with Crippen molar-refractivity contribution in [3.05, 3.63) is 24.3 Å². The highest BCUT2D eigenvalue weighted by Crippen LogP contribution is 2.38. The molecule has 1 aromatic carbocycles. The second-order valence-corrected chi connectivity index (χ2v) is 4.87. The van der Waals surface area contributed by atoms with Crippen LogP contribution in [0.5, 0.6) is 0 Å². The predicted molar refractivity (Wildman–Crippen MR) is 65.0 cm³/mol. The quantitative estimate of drug-likeness (QED) is 0.782. The van der Waals surface area contributed by atoms with Crippen LogP contribution >= 0.6 is 0 Å². The van der Waals surface area contributed by atoms with E-state index in [0.717, 1.165) is 5.69 Å². The summed E-state index contributed by atoms with van der Waals surface area (Å²) in [6, 6.07) is 8.79. The van der Waals surface area contributed by atoms with E-state index in [2.05, 4.69) is 35.7 Å². The van der Waals surface area contributed by atoms with E-state index in [1.165, 1.54) is 31.4 Å². The number of benzene rings is 1. The summed E-state index contributed by atoms with van der Waals surface area (Å²) in [5.74, 6) is 0.710. The van der Waals surface area contributed by atoms with Crippen LogP contribution in [0.1, 0.15) is 32.6 Å². The summed E-state index contributed by atoms with van der Waals surface area (Å²) in [4.78, 5) is 5.62. The highest BCUT2D eigenvalue weighted by molar-refractivity contribution is 5.71. The molecule has 0 saturated heterocycles. The minimum absolute atomic E-state index is 0.518. The maximum absolute atomic E-state index is 5.62. The van der Waals surface area contributed by atoms with E-state index in [9.17, 15) is 0 Å². The van der Waals surface area contributed by atoms with Crippen molar-refractivity contribution in [2.24, 2.45) is 5.92 Å². The largest absolute Gasteiger partial charge is 0.240 e. The summed E-state index contributed by atoms with van der Waals surface area (Å²) < 4.78 is 0. The van der Waals surface area contributed by atoms with E-state index in [1.54, 1.807) is 0 Å². The molecular weight excluding hydrogens is 200 g/mol. The Balaban J connectivity index is 1.86. The van der Waals surface area contributed by atoms with Crippen LogP contribution in [0.25, 0.3) is 0 Å². The van der Waals surface area contributed by atoms with Crippen molar-refractivity contribution >= 4 is 11.4 Å². The molecule has 0 radical (unpaired) electrons. The summed E-state index contributed by atoms with van der Waals surface area (Å²) in [6.07, 6.45) is 5.22. The van der Waals surface area contributed by atoms with Gasteiger partial charge in [0.15, 0.2) is 0 Å². The van der Waals surface area contributed by atoms with E-state index >= 15 is 0 Å². The molecule has 0 amide bonds. The Morgan fingerprint density at radius 1 is 1.25 bits per heavy atom. The summed E-state index contributed by atoms with van der Waals surface area (Å²) >= 11 is 0. The first-order valence-corrected chi connectivity index (χ1v) is 6.17. The maximum Gasteiger partial charge on any atom is 0.0919 e. The highest BCUT2D eigenvalue weighted by atomic mass is 16.8. The molecule has 3 rings (SSSR count). The van der Waals surface area contributed by atoms with E-state index < -0.39 is 0 Å². The Bertz CT molecular complexity index is 380. The minimum atomic E-state index is 0.518. The van der Waals surface area contributed by atoms with Gasteiger partial charge in [-0.05, 0) is 30.9 Å². The standard InChI is InChI=1S/C13H18N2O/c1-10-6-2-4-8-12(10)15-13-9-5-3-7-11(13)14-16-15/h3,5,7,9-10,12,14H,2,4,6,8H2,1H3. The third-order valence-electron chi connectivity index (χ3n) is 3.76. The molecule has 0 spiro atoms. The van der Waals surface area contributed by atoms with Crippen molar-refractivity contribution < 1.29 is 4.94 Å². The van der Waals surface area contributed by atoms with E-state index in [1.807, 2.05) is 6.07 Å². The number of hydroxylamine groups is 1. The number of hydrogen-bond acceptors (Lipinski definition) is 3. The average molecular weight is 218 g/mol. The van der Waals surface area contributed by atoms with Gasteiger partial charge < -0.3 is 0 Å². The molecule has 0 bridgehead atoms. The van der Waals surface area contributed by atoms with Gasteiger partial charge in [-0.3, -0.25) is 0 Å². The lowest BCUT2D eigenvalue weighted by molar-refractivity contribution is 0.115. The van der Waals surface area contributed by atoms with Crippen LogP contribution in [-0.4, -0.2) is 6.04 Å². The van der Waals surface area contributed by atoms with Gasteiger partial charge in [-0.2, -0.15) is 4.94 Å². The van der Waals surface area contributed by atoms with Crippen LogP contribution in [0.3, 0.4) is 0 Å². The van der Waals surface area contributed by atoms with Gasteiger partial charge in [0.05, 0.1) is 17.4 Å². The van der Waals surface area contributed by atoms with Crippen molar-refractivity contribution in [1.82, 2.24) is 0 Å². The van der Waals surface area contributed by atoms with Crippen LogP contribution in [0.2, 0.25) is 0 Å². The number of fused-ring (bicyclic) bond motifs is 1. The van der Waals surface area contributed by atoms with Crippen molar-refractivity contribution in [3.8, 4) is 0 Å². The summed E-state index contributed by atoms with van der Waals surface area (Å²) in [7, 11) is 0. The molecule has 0 aromatic heterocycles. The summed E-state index contributed by atoms with van der Waals surface area (Å²) in [6.45, 7) is 2.33. The molecule has 1 aliphatic heterocycles. The zero-order valence-electron chi connectivity index (χ0n) is 9.65. The highest BCUT2D eigenvalue weighted by Gasteiger charge is 2.32. The molecule has 1 aliphatic carbocycles. The monoisotopic (exact) mass is 218 g/mol. The van der Waals surface area contributed by atoms with E-state index in [0.29, 0.717) is 12.0 Å². The summed E-state index contributed by atoms with van der Waals surface area (Å²) in [5, 5.41) is 2.07. The topological polar surface area (TPSA) is 24.5 Å². The molecular formula is C13H18N2O. The van der Waals surface area contributed by atoms with E-state index in [4.69, 9.17) is 4.94 Å². The molecule has 3 nitrogen and oxygen atoms in total. The van der Waals surface area contributed by atoms with Gasteiger partial charge in [0, 0.05) is 0 Å². The molecule has 3 heteroatoms. The molecule has 1 saturated carbocycles. The van der Waals surface area contributed by atoms with Crippen molar-refractivity contribution in [3.63, 3.8) is 0 Å². The first kappa shape index (κ1) is 9.97. The zero-order chi connectivity index (χ0) is 11.0.